The van der Waals surface area contributed by atoms with Crippen LogP contribution in [0.2, 0.25) is 0 Å². The van der Waals surface area contributed by atoms with E-state index in [0.29, 0.717) is 36.6 Å². The first-order valence-corrected chi connectivity index (χ1v) is 12.1. The topological polar surface area (TPSA) is 187 Å². The highest BCUT2D eigenvalue weighted by Gasteiger charge is 2.44. The van der Waals surface area contributed by atoms with Crippen molar-refractivity contribution in [2.75, 3.05) is 13.2 Å². The molecule has 1 unspecified atom stereocenters. The van der Waals surface area contributed by atoms with Gasteiger partial charge in [0.25, 0.3) is 5.91 Å². The van der Waals surface area contributed by atoms with Crippen LogP contribution in [0.25, 0.3) is 11.0 Å². The molecule has 0 spiro atoms. The van der Waals surface area contributed by atoms with E-state index in [1.54, 1.807) is 12.1 Å². The first kappa shape index (κ1) is 27.8. The summed E-state index contributed by atoms with van der Waals surface area (Å²) in [6, 6.07) is 5.94. The maximum Gasteiger partial charge on any atom is 0.349 e. The minimum atomic E-state index is -1.55. The Morgan fingerprint density at radius 1 is 1.06 bits per heavy atom. The Morgan fingerprint density at radius 2 is 1.81 bits per heavy atom. The number of aliphatic hydroxyl groups is 4. The number of carbonyl (C=O) groups is 2. The summed E-state index contributed by atoms with van der Waals surface area (Å²) in [6.07, 6.45) is -3.57. The fourth-order valence-electron chi connectivity index (χ4n) is 4.39. The summed E-state index contributed by atoms with van der Waals surface area (Å²) >= 11 is 0. The van der Waals surface area contributed by atoms with Crippen LogP contribution in [0.1, 0.15) is 61.1 Å². The molecule has 198 valence electrons. The number of aliphatic hydroxyl groups excluding tert-OH is 4. The van der Waals surface area contributed by atoms with Crippen molar-refractivity contribution in [3.63, 3.8) is 0 Å². The van der Waals surface area contributed by atoms with Crippen LogP contribution < -0.4 is 10.9 Å². The number of carboxylic acid groups (broad SMARTS) is 1. The molecule has 1 aromatic heterocycles. The van der Waals surface area contributed by atoms with Gasteiger partial charge in [0.15, 0.2) is 0 Å². The zero-order valence-corrected chi connectivity index (χ0v) is 20.0. The molecule has 1 amide bonds. The molecule has 1 fully saturated rings. The van der Waals surface area contributed by atoms with Crippen LogP contribution in [0.5, 0.6) is 0 Å². The molecule has 6 N–H and O–H groups in total. The number of aliphatic carboxylic acids is 1. The zero-order valence-electron chi connectivity index (χ0n) is 20.0. The lowest BCUT2D eigenvalue weighted by molar-refractivity contribution is -0.231. The summed E-state index contributed by atoms with van der Waals surface area (Å²) in [5, 5.41) is 52.0. The Hall–Kier alpha value is -2.83. The SMILES string of the molecule is CCCC(CCCCNC(=O)c1cc2ccc([C@@H]3O[C@H](CO)[C@H](O)[C@H](O)[C@H]3O)cc2oc1=O)C(=O)O. The fourth-order valence-corrected chi connectivity index (χ4v) is 4.39. The van der Waals surface area contributed by atoms with Crippen molar-refractivity contribution in [2.24, 2.45) is 5.92 Å². The number of unbranched alkanes of at least 4 members (excludes halogenated alkanes) is 1. The summed E-state index contributed by atoms with van der Waals surface area (Å²) in [4.78, 5) is 36.2. The van der Waals surface area contributed by atoms with Crippen LogP contribution >= 0.6 is 0 Å². The average Bonchev–Trinajstić information content (AvgIpc) is 2.85. The van der Waals surface area contributed by atoms with E-state index < -0.39 is 60.5 Å². The number of carbonyl (C=O) groups excluding carboxylic acids is 1. The molecular formula is C25H33NO10. The summed E-state index contributed by atoms with van der Waals surface area (Å²) in [7, 11) is 0. The molecule has 1 aromatic carbocycles. The molecule has 2 aromatic rings. The summed E-state index contributed by atoms with van der Waals surface area (Å²) in [6.45, 7) is 1.65. The fraction of sp³-hybridized carbons (Fsp3) is 0.560. The van der Waals surface area contributed by atoms with Crippen LogP contribution in [0, 0.1) is 5.92 Å². The number of fused-ring (bicyclic) bond motifs is 1. The second-order valence-electron chi connectivity index (χ2n) is 9.07. The van der Waals surface area contributed by atoms with Crippen LogP contribution in [0.3, 0.4) is 0 Å². The van der Waals surface area contributed by atoms with Gasteiger partial charge in [-0.1, -0.05) is 31.9 Å². The van der Waals surface area contributed by atoms with Crippen molar-refractivity contribution >= 4 is 22.8 Å². The van der Waals surface area contributed by atoms with Crippen molar-refractivity contribution in [3.05, 3.63) is 45.8 Å². The highest BCUT2D eigenvalue weighted by molar-refractivity contribution is 5.96. The van der Waals surface area contributed by atoms with Gasteiger partial charge in [-0.05, 0) is 37.0 Å². The number of benzene rings is 1. The normalized spacial score (nSPS) is 25.0. The monoisotopic (exact) mass is 507 g/mol. The van der Waals surface area contributed by atoms with Crippen LogP contribution in [-0.2, 0) is 9.53 Å². The predicted octanol–water partition coefficient (Wildman–Crippen LogP) is 0.709. The number of carboxylic acids is 1. The van der Waals surface area contributed by atoms with Crippen molar-refractivity contribution < 1.29 is 44.3 Å². The lowest BCUT2D eigenvalue weighted by atomic mass is 9.91. The first-order chi connectivity index (χ1) is 17.2. The van der Waals surface area contributed by atoms with E-state index in [2.05, 4.69) is 5.32 Å². The Labute approximate surface area is 207 Å². The molecule has 1 aliphatic rings. The Kier molecular flexibility index (Phi) is 9.57. The molecule has 0 aliphatic carbocycles. The zero-order chi connectivity index (χ0) is 26.4. The third kappa shape index (κ3) is 6.29. The Bertz CT molecular complexity index is 1110. The number of hydrogen-bond acceptors (Lipinski definition) is 9. The lowest BCUT2D eigenvalue weighted by Crippen LogP contribution is -2.55. The largest absolute Gasteiger partial charge is 0.481 e. The number of rotatable bonds is 11. The van der Waals surface area contributed by atoms with Gasteiger partial charge in [-0.3, -0.25) is 9.59 Å². The van der Waals surface area contributed by atoms with Crippen LogP contribution in [-0.4, -0.2) is 75.0 Å². The lowest BCUT2D eigenvalue weighted by Gasteiger charge is -2.40. The van der Waals surface area contributed by atoms with Gasteiger partial charge in [0, 0.05) is 11.9 Å². The van der Waals surface area contributed by atoms with Gasteiger partial charge in [0.1, 0.15) is 41.7 Å². The van der Waals surface area contributed by atoms with Crippen molar-refractivity contribution in [1.29, 1.82) is 0 Å². The maximum atomic E-state index is 12.5. The molecular weight excluding hydrogens is 474 g/mol. The first-order valence-electron chi connectivity index (χ1n) is 12.1. The van der Waals surface area contributed by atoms with E-state index in [9.17, 15) is 39.9 Å². The highest BCUT2D eigenvalue weighted by Crippen LogP contribution is 2.33. The van der Waals surface area contributed by atoms with Gasteiger partial charge in [-0.2, -0.15) is 0 Å². The number of hydrogen-bond donors (Lipinski definition) is 6. The Morgan fingerprint density at radius 3 is 2.47 bits per heavy atom. The van der Waals surface area contributed by atoms with Gasteiger partial charge in [0.2, 0.25) is 0 Å². The van der Waals surface area contributed by atoms with E-state index in [0.717, 1.165) is 6.42 Å². The molecule has 0 radical (unpaired) electrons. The van der Waals surface area contributed by atoms with Crippen LogP contribution in [0.4, 0.5) is 0 Å². The molecule has 6 atom stereocenters. The molecule has 0 bridgehead atoms. The second-order valence-corrected chi connectivity index (χ2v) is 9.07. The minimum Gasteiger partial charge on any atom is -0.481 e. The summed E-state index contributed by atoms with van der Waals surface area (Å²) in [5.41, 5.74) is -0.568. The number of amides is 1. The molecule has 11 nitrogen and oxygen atoms in total. The Balaban J connectivity index is 1.66. The molecule has 1 saturated heterocycles. The van der Waals surface area contributed by atoms with E-state index in [4.69, 9.17) is 9.15 Å². The molecule has 2 heterocycles. The molecule has 36 heavy (non-hydrogen) atoms. The van der Waals surface area contributed by atoms with Gasteiger partial charge in [0.05, 0.1) is 12.5 Å². The van der Waals surface area contributed by atoms with Gasteiger partial charge >= 0.3 is 11.6 Å². The van der Waals surface area contributed by atoms with E-state index in [1.807, 2.05) is 6.92 Å². The predicted molar refractivity (Wildman–Crippen MR) is 127 cm³/mol. The van der Waals surface area contributed by atoms with Gasteiger partial charge in [-0.25, -0.2) is 4.79 Å². The second kappa shape index (κ2) is 12.4. The van der Waals surface area contributed by atoms with E-state index in [-0.39, 0.29) is 17.7 Å². The maximum absolute atomic E-state index is 12.5. The third-order valence-corrected chi connectivity index (χ3v) is 6.48. The molecule has 0 saturated carbocycles. The third-order valence-electron chi connectivity index (χ3n) is 6.48. The molecule has 11 heteroatoms. The summed E-state index contributed by atoms with van der Waals surface area (Å²) < 4.78 is 10.9. The molecule has 3 rings (SSSR count). The number of ether oxygens (including phenoxy) is 1. The standard InChI is InChI=1S/C25H33NO10/c1-2-5-13(24(32)33)6-3-4-9-26-23(31)16-10-14-7-8-15(11-17(14)36-25(16)34)22-21(30)20(29)19(28)18(12-27)35-22/h7-8,10-11,13,18-22,27-30H,2-6,9,12H2,1H3,(H,26,31)(H,32,33)/t13?,18-,19+,20+,21-,22+/m1/s1. The average molecular weight is 508 g/mol. The van der Waals surface area contributed by atoms with Crippen molar-refractivity contribution in [3.8, 4) is 0 Å². The van der Waals surface area contributed by atoms with Crippen molar-refractivity contribution in [2.45, 2.75) is 69.5 Å². The minimum absolute atomic E-state index is 0.127. The summed E-state index contributed by atoms with van der Waals surface area (Å²) in [5.74, 6) is -1.82. The van der Waals surface area contributed by atoms with Crippen molar-refractivity contribution in [1.82, 2.24) is 5.32 Å². The number of nitrogens with one attached hydrogen (secondary N) is 1. The van der Waals surface area contributed by atoms with E-state index >= 15 is 0 Å². The van der Waals surface area contributed by atoms with Gasteiger partial charge in [-0.15, -0.1) is 0 Å². The smallest absolute Gasteiger partial charge is 0.349 e. The van der Waals surface area contributed by atoms with E-state index in [1.165, 1.54) is 12.1 Å². The highest BCUT2D eigenvalue weighted by atomic mass is 16.5. The quantitative estimate of drug-likeness (QED) is 0.187. The van der Waals surface area contributed by atoms with Gasteiger partial charge < -0.3 is 40.0 Å². The van der Waals surface area contributed by atoms with Crippen LogP contribution in [0.15, 0.2) is 33.5 Å². The molecule has 1 aliphatic heterocycles.